The van der Waals surface area contributed by atoms with Crippen LogP contribution in [0.3, 0.4) is 0 Å². The Kier molecular flexibility index (Phi) is 2.60. The number of rotatable bonds is 0. The van der Waals surface area contributed by atoms with Crippen LogP contribution < -0.4 is 4.74 Å². The van der Waals surface area contributed by atoms with Gasteiger partial charge >= 0.3 is 0 Å². The fraction of sp³-hybridized carbons (Fsp3) is 0.111. The lowest BCUT2D eigenvalue weighted by Crippen LogP contribution is -2.15. The summed E-state index contributed by atoms with van der Waals surface area (Å²) < 4.78 is 8.64. The second-order valence-electron chi connectivity index (χ2n) is 8.64. The third-order valence-corrected chi connectivity index (χ3v) is 6.78. The highest BCUT2D eigenvalue weighted by Crippen LogP contribution is 2.52. The zero-order chi connectivity index (χ0) is 19.3. The van der Waals surface area contributed by atoms with E-state index in [1.54, 1.807) is 0 Å². The summed E-state index contributed by atoms with van der Waals surface area (Å²) in [7, 11) is 0. The number of hydrogen-bond donors (Lipinski definition) is 0. The van der Waals surface area contributed by atoms with Gasteiger partial charge in [0.05, 0.1) is 16.7 Å². The Bertz CT molecular complexity index is 1500. The normalized spacial score (nSPS) is 15.1. The number of fused-ring (bicyclic) bond motifs is 8. The Balaban J connectivity index is 1.69. The lowest BCUT2D eigenvalue weighted by atomic mass is 9.82. The monoisotopic (exact) mass is 373 g/mol. The van der Waals surface area contributed by atoms with Gasteiger partial charge in [-0.15, -0.1) is 0 Å². The lowest BCUT2D eigenvalue weighted by molar-refractivity contribution is 0.476. The van der Waals surface area contributed by atoms with Gasteiger partial charge in [-0.3, -0.25) is 0 Å². The molecule has 0 N–H and O–H groups in total. The van der Waals surface area contributed by atoms with Crippen molar-refractivity contribution in [2.24, 2.45) is 0 Å². The maximum atomic E-state index is 6.26. The van der Waals surface area contributed by atoms with Crippen LogP contribution in [0.4, 0.5) is 0 Å². The molecule has 0 spiro atoms. The van der Waals surface area contributed by atoms with E-state index in [4.69, 9.17) is 4.74 Å². The van der Waals surface area contributed by atoms with Crippen LogP contribution in [-0.4, -0.2) is 4.57 Å². The molecule has 0 bridgehead atoms. The average Bonchev–Trinajstić information content (AvgIpc) is 3.19. The second-order valence-corrected chi connectivity index (χ2v) is 8.64. The molecule has 7 rings (SSSR count). The van der Waals surface area contributed by atoms with Crippen LogP contribution >= 0.6 is 0 Å². The summed E-state index contributed by atoms with van der Waals surface area (Å²) in [6.07, 6.45) is 0. The van der Waals surface area contributed by atoms with E-state index in [-0.39, 0.29) is 5.41 Å². The van der Waals surface area contributed by atoms with E-state index in [2.05, 4.69) is 91.2 Å². The van der Waals surface area contributed by atoms with Crippen LogP contribution in [0.2, 0.25) is 0 Å². The van der Waals surface area contributed by atoms with Gasteiger partial charge in [0.2, 0.25) is 0 Å². The molecular weight excluding hydrogens is 354 g/mol. The number of ether oxygens (including phenoxy) is 1. The molecule has 0 atom stereocenters. The Morgan fingerprint density at radius 1 is 0.690 bits per heavy atom. The van der Waals surface area contributed by atoms with Crippen LogP contribution in [0.5, 0.6) is 11.5 Å². The Labute approximate surface area is 169 Å². The van der Waals surface area contributed by atoms with Crippen LogP contribution in [0.1, 0.15) is 25.0 Å². The number of benzene rings is 4. The SMILES string of the molecule is CC1(C)c2ccccc2-c2cc3c4cccc5c4n(c3cc21)-c1ccccc1O5. The molecule has 2 heterocycles. The minimum atomic E-state index is -0.00956. The molecule has 4 aromatic carbocycles. The van der Waals surface area contributed by atoms with Crippen molar-refractivity contribution in [1.82, 2.24) is 4.57 Å². The van der Waals surface area contributed by atoms with Gasteiger partial charge in [-0.2, -0.15) is 0 Å². The molecule has 29 heavy (non-hydrogen) atoms. The average molecular weight is 373 g/mol. The van der Waals surface area contributed by atoms with Crippen molar-refractivity contribution >= 4 is 21.8 Å². The molecule has 0 fully saturated rings. The van der Waals surface area contributed by atoms with Crippen molar-refractivity contribution in [3.8, 4) is 28.3 Å². The van der Waals surface area contributed by atoms with Gasteiger partial charge in [-0.25, -0.2) is 0 Å². The molecule has 5 aromatic rings. The maximum absolute atomic E-state index is 6.26. The Morgan fingerprint density at radius 3 is 2.41 bits per heavy atom. The predicted octanol–water partition coefficient (Wildman–Crippen LogP) is 7.20. The highest BCUT2D eigenvalue weighted by molar-refractivity contribution is 6.14. The Hall–Kier alpha value is -3.52. The molecule has 1 aromatic heterocycles. The molecule has 2 nitrogen and oxygen atoms in total. The summed E-state index contributed by atoms with van der Waals surface area (Å²) in [4.78, 5) is 0. The van der Waals surface area contributed by atoms with E-state index >= 15 is 0 Å². The molecular formula is C27H19NO. The summed E-state index contributed by atoms with van der Waals surface area (Å²) in [5, 5.41) is 2.53. The fourth-order valence-electron chi connectivity index (χ4n) is 5.41. The molecule has 0 saturated carbocycles. The largest absolute Gasteiger partial charge is 0.453 e. The lowest BCUT2D eigenvalue weighted by Gasteiger charge is -2.23. The molecule has 138 valence electrons. The summed E-state index contributed by atoms with van der Waals surface area (Å²) in [6, 6.07) is 28.3. The van der Waals surface area contributed by atoms with Crippen molar-refractivity contribution < 1.29 is 4.74 Å². The first kappa shape index (κ1) is 15.4. The first-order chi connectivity index (χ1) is 14.1. The first-order valence-electron chi connectivity index (χ1n) is 10.1. The molecule has 2 heteroatoms. The van der Waals surface area contributed by atoms with E-state index in [1.807, 2.05) is 6.07 Å². The van der Waals surface area contributed by atoms with Gasteiger partial charge in [0, 0.05) is 16.2 Å². The van der Waals surface area contributed by atoms with Gasteiger partial charge < -0.3 is 9.30 Å². The van der Waals surface area contributed by atoms with Gasteiger partial charge in [-0.1, -0.05) is 62.4 Å². The van der Waals surface area contributed by atoms with Gasteiger partial charge in [0.25, 0.3) is 0 Å². The molecule has 1 aliphatic heterocycles. The first-order valence-corrected chi connectivity index (χ1v) is 10.1. The molecule has 0 radical (unpaired) electrons. The highest BCUT2D eigenvalue weighted by atomic mass is 16.5. The zero-order valence-corrected chi connectivity index (χ0v) is 16.4. The molecule has 0 saturated heterocycles. The fourth-order valence-corrected chi connectivity index (χ4v) is 5.41. The van der Waals surface area contributed by atoms with E-state index in [1.165, 1.54) is 38.5 Å². The number of para-hydroxylation sites is 3. The zero-order valence-electron chi connectivity index (χ0n) is 16.4. The summed E-state index contributed by atoms with van der Waals surface area (Å²) >= 11 is 0. The summed E-state index contributed by atoms with van der Waals surface area (Å²) in [6.45, 7) is 4.68. The third kappa shape index (κ3) is 1.73. The van der Waals surface area contributed by atoms with Crippen molar-refractivity contribution in [3.63, 3.8) is 0 Å². The maximum Gasteiger partial charge on any atom is 0.152 e. The highest BCUT2D eigenvalue weighted by Gasteiger charge is 2.36. The number of aromatic nitrogens is 1. The van der Waals surface area contributed by atoms with Crippen LogP contribution in [0, 0.1) is 0 Å². The van der Waals surface area contributed by atoms with Gasteiger partial charge in [-0.05, 0) is 52.6 Å². The quantitative estimate of drug-likeness (QED) is 0.275. The smallest absolute Gasteiger partial charge is 0.152 e. The summed E-state index contributed by atoms with van der Waals surface area (Å²) in [5.74, 6) is 1.84. The van der Waals surface area contributed by atoms with Crippen LogP contribution in [0.25, 0.3) is 38.6 Å². The number of hydrogen-bond acceptors (Lipinski definition) is 1. The van der Waals surface area contributed by atoms with Gasteiger partial charge in [0.1, 0.15) is 0 Å². The molecule has 1 aliphatic carbocycles. The topological polar surface area (TPSA) is 14.2 Å². The minimum absolute atomic E-state index is 0.00956. The Morgan fingerprint density at radius 2 is 1.48 bits per heavy atom. The van der Waals surface area contributed by atoms with Crippen molar-refractivity contribution in [2.75, 3.05) is 0 Å². The summed E-state index contributed by atoms with van der Waals surface area (Å²) in [5.41, 5.74) is 9.04. The van der Waals surface area contributed by atoms with Crippen molar-refractivity contribution in [3.05, 3.63) is 90.0 Å². The third-order valence-electron chi connectivity index (χ3n) is 6.78. The second kappa shape index (κ2) is 4.90. The van der Waals surface area contributed by atoms with E-state index in [0.717, 1.165) is 22.7 Å². The molecule has 0 amide bonds. The van der Waals surface area contributed by atoms with E-state index < -0.39 is 0 Å². The standard InChI is InChI=1S/C27H19NO/c1-27(2)20-10-4-3-8-16(20)18-14-19-17-9-7-13-25-26(17)28(23(19)15-21(18)27)22-11-5-6-12-24(22)29-25/h3-15H,1-2H3. The van der Waals surface area contributed by atoms with Crippen molar-refractivity contribution in [2.45, 2.75) is 19.3 Å². The van der Waals surface area contributed by atoms with E-state index in [0.29, 0.717) is 0 Å². The van der Waals surface area contributed by atoms with Crippen LogP contribution in [-0.2, 0) is 5.41 Å². The van der Waals surface area contributed by atoms with E-state index in [9.17, 15) is 0 Å². The van der Waals surface area contributed by atoms with Crippen molar-refractivity contribution in [1.29, 1.82) is 0 Å². The molecule has 2 aliphatic rings. The minimum Gasteiger partial charge on any atom is -0.453 e. The van der Waals surface area contributed by atoms with Gasteiger partial charge in [0.15, 0.2) is 11.5 Å². The number of nitrogens with zero attached hydrogens (tertiary/aromatic N) is 1. The predicted molar refractivity (Wildman–Crippen MR) is 118 cm³/mol. The van der Waals surface area contributed by atoms with Crippen LogP contribution in [0.15, 0.2) is 78.9 Å². The molecule has 0 unspecified atom stereocenters.